The molecule has 0 bridgehead atoms. The molecule has 0 saturated carbocycles. The van der Waals surface area contributed by atoms with Crippen LogP contribution in [0.3, 0.4) is 0 Å². The standard InChI is InChI=1S/Al.BH2.La.Ti.3H/h;1H2;;;;;/q;+1;;-1;;;. The summed E-state index contributed by atoms with van der Waals surface area (Å²) in [4.78, 5) is 0. The fourth-order valence-electron chi connectivity index (χ4n) is 0. The third kappa shape index (κ3) is 8.82. The van der Waals surface area contributed by atoms with Crippen molar-refractivity contribution < 1.29 is 55.8 Å². The van der Waals surface area contributed by atoms with Crippen LogP contribution in [0.25, 0.3) is 0 Å². The van der Waals surface area contributed by atoms with E-state index in [0.717, 1.165) is 0 Å². The fraction of sp³-hybridized carbons (Fsp3) is 0. The van der Waals surface area contributed by atoms with Crippen LogP contribution in [0, 0.1) is 35.6 Å². The summed E-state index contributed by atoms with van der Waals surface area (Å²) < 4.78 is 0. The molecule has 0 aliphatic rings. The van der Waals surface area contributed by atoms with Crippen molar-refractivity contribution in [3.05, 3.63) is 0 Å². The molecule has 0 amide bonds. The van der Waals surface area contributed by atoms with Crippen molar-refractivity contribution in [1.29, 1.82) is 0 Å². The molecule has 0 saturated heterocycles. The first-order valence-corrected chi connectivity index (χ1v) is 2.06. The van der Waals surface area contributed by atoms with E-state index in [-0.39, 0.29) is 53.0 Å². The average molecular weight is 230 g/mol. The monoisotopic (exact) mass is 230 g/mol. The van der Waals surface area contributed by atoms with Crippen LogP contribution in [0.1, 0.15) is 0 Å². The van der Waals surface area contributed by atoms with Gasteiger partial charge in [-0.25, -0.2) is 0 Å². The van der Waals surface area contributed by atoms with E-state index in [0.29, 0.717) is 0 Å². The number of hydrogen-bond acceptors (Lipinski definition) is 0. The molecule has 0 fully saturated rings. The first-order valence-electron chi connectivity index (χ1n) is 0.500. The van der Waals surface area contributed by atoms with Crippen molar-refractivity contribution in [2.45, 2.75) is 0 Å². The maximum Gasteiger partial charge on any atom is 0 e. The van der Waals surface area contributed by atoms with Gasteiger partial charge in [0, 0.05) is 35.6 Å². The Morgan fingerprint density at radius 1 is 1.25 bits per heavy atom. The van der Waals surface area contributed by atoms with Gasteiger partial charge < -0.3 is 0 Å². The average Bonchev–Trinajstić information content (AvgIpc) is 1.00. The molecule has 0 atom stereocenters. The molecule has 0 rings (SSSR count). The van der Waals surface area contributed by atoms with Gasteiger partial charge >= 0.3 is 26.3 Å². The molecule has 0 aromatic rings. The van der Waals surface area contributed by atoms with Crippen LogP contribution >= 0.6 is 0 Å². The molecule has 0 N–H and O–H groups in total. The number of rotatable bonds is 0. The van der Waals surface area contributed by atoms with Crippen LogP contribution < -0.4 is 0 Å². The molecule has 18 valence electrons. The largest absolute Gasteiger partial charge is 0 e. The maximum atomic E-state index is 2.00. The minimum Gasteiger partial charge on any atom is 0 e. The Bertz CT molecular complexity index is 8.00. The van der Waals surface area contributed by atoms with Gasteiger partial charge in [-0.2, -0.15) is 0 Å². The predicted molar refractivity (Wildman–Crippen MR) is 18.5 cm³/mol. The van der Waals surface area contributed by atoms with Crippen molar-refractivity contribution in [1.82, 2.24) is 0 Å². The predicted octanol–water partition coefficient (Wildman–Crippen LogP) is -2.10. The van der Waals surface area contributed by atoms with Crippen LogP contribution in [0.2, 0.25) is 0 Å². The molecular weight excluding hydrogens is 225 g/mol. The summed E-state index contributed by atoms with van der Waals surface area (Å²) >= 11 is 2.00. The maximum absolute atomic E-state index is 2.00. The molecule has 0 unspecified atom stereocenters. The Morgan fingerprint density at radius 3 is 1.25 bits per heavy atom. The van der Waals surface area contributed by atoms with Crippen LogP contribution in [-0.4, -0.2) is 23.4 Å². The minimum atomic E-state index is 0. The Labute approximate surface area is 77.8 Å². The van der Waals surface area contributed by atoms with Gasteiger partial charge in [-0.05, 0) is 0 Å². The van der Waals surface area contributed by atoms with Crippen LogP contribution in [-0.2, 0) is 20.2 Å². The van der Waals surface area contributed by atoms with Gasteiger partial charge in [0.05, 0.1) is 0 Å². The SMILES string of the molecule is [AlH3].[BH2][Ti].[La]. The van der Waals surface area contributed by atoms with Crippen molar-refractivity contribution >= 4 is 23.4 Å². The second-order valence-electron chi connectivity index (χ2n) is 0. The smallest absolute Gasteiger partial charge is 0 e. The van der Waals surface area contributed by atoms with E-state index in [1.807, 2.05) is 26.3 Å². The van der Waals surface area contributed by atoms with E-state index in [4.69, 9.17) is 0 Å². The Balaban J connectivity index is -0.00000000500. The van der Waals surface area contributed by atoms with Crippen molar-refractivity contribution in [2.75, 3.05) is 0 Å². The third-order valence-corrected chi connectivity index (χ3v) is 0. The summed E-state index contributed by atoms with van der Waals surface area (Å²) in [6.45, 7) is 0. The Morgan fingerprint density at radius 2 is 1.25 bits per heavy atom. The molecular formula is H5AlBLaTi. The second kappa shape index (κ2) is 17.8. The molecule has 0 aliphatic heterocycles. The zero-order valence-electron chi connectivity index (χ0n) is 2.08. The molecule has 0 spiro atoms. The molecule has 4 heteroatoms. The zero-order chi connectivity index (χ0) is 2.00. The van der Waals surface area contributed by atoms with Gasteiger partial charge in [0.25, 0.3) is 0 Å². The third-order valence-electron chi connectivity index (χ3n) is 0. The quantitative estimate of drug-likeness (QED) is 0.418. The van der Waals surface area contributed by atoms with Crippen molar-refractivity contribution in [3.8, 4) is 0 Å². The number of hydrogen-bond donors (Lipinski definition) is 0. The summed E-state index contributed by atoms with van der Waals surface area (Å²) in [6, 6.07) is 2.00. The van der Waals surface area contributed by atoms with Crippen molar-refractivity contribution in [3.63, 3.8) is 0 Å². The summed E-state index contributed by atoms with van der Waals surface area (Å²) in [5.74, 6) is 0. The summed E-state index contributed by atoms with van der Waals surface area (Å²) in [7, 11) is 0. The van der Waals surface area contributed by atoms with Gasteiger partial charge in [-0.15, -0.1) is 0 Å². The van der Waals surface area contributed by atoms with Gasteiger partial charge in [-0.1, -0.05) is 0 Å². The summed E-state index contributed by atoms with van der Waals surface area (Å²) in [5.41, 5.74) is 0. The first kappa shape index (κ1) is 16.0. The van der Waals surface area contributed by atoms with E-state index >= 15 is 0 Å². The first-order chi connectivity index (χ1) is 1.00. The van der Waals surface area contributed by atoms with Crippen LogP contribution in [0.15, 0.2) is 0 Å². The van der Waals surface area contributed by atoms with Gasteiger partial charge in [0.1, 0.15) is 0 Å². The van der Waals surface area contributed by atoms with E-state index in [2.05, 4.69) is 0 Å². The zero-order valence-corrected chi connectivity index (χ0v) is 7.26. The Hall–Kier alpha value is 2.51. The molecule has 4 heavy (non-hydrogen) atoms. The van der Waals surface area contributed by atoms with Gasteiger partial charge in [-0.3, -0.25) is 0 Å². The van der Waals surface area contributed by atoms with E-state index in [1.165, 1.54) is 0 Å². The molecule has 0 heterocycles. The molecule has 0 aromatic heterocycles. The van der Waals surface area contributed by atoms with E-state index < -0.39 is 0 Å². The molecule has 0 nitrogen and oxygen atoms in total. The normalized spacial score (nSPS) is 0.750. The summed E-state index contributed by atoms with van der Waals surface area (Å²) in [6.07, 6.45) is 0. The van der Waals surface area contributed by atoms with Crippen LogP contribution in [0.4, 0.5) is 0 Å². The summed E-state index contributed by atoms with van der Waals surface area (Å²) in [5, 5.41) is 0. The van der Waals surface area contributed by atoms with E-state index in [9.17, 15) is 0 Å². The van der Waals surface area contributed by atoms with Crippen LogP contribution in [0.5, 0.6) is 0 Å². The molecule has 0 aromatic carbocycles. The molecule has 1 radical (unpaired) electrons. The van der Waals surface area contributed by atoms with Gasteiger partial charge in [0.15, 0.2) is 17.4 Å². The molecule has 0 aliphatic carbocycles. The van der Waals surface area contributed by atoms with Gasteiger partial charge in [0.2, 0.25) is 0 Å². The second-order valence-corrected chi connectivity index (χ2v) is 0. The van der Waals surface area contributed by atoms with Crippen molar-refractivity contribution in [2.24, 2.45) is 0 Å². The Kier molecular flexibility index (Phi) is 71.4. The minimum absolute atomic E-state index is 0. The van der Waals surface area contributed by atoms with E-state index in [1.54, 1.807) is 0 Å². The topological polar surface area (TPSA) is 0 Å². The fourth-order valence-corrected chi connectivity index (χ4v) is 0.